The van der Waals surface area contributed by atoms with Crippen LogP contribution in [0.2, 0.25) is 0 Å². The highest BCUT2D eigenvalue weighted by atomic mass is 32.2. The van der Waals surface area contributed by atoms with Gasteiger partial charge in [-0.1, -0.05) is 24.3 Å². The monoisotopic (exact) mass is 385 g/mol. The molecule has 0 spiro atoms. The van der Waals surface area contributed by atoms with Gasteiger partial charge in [0.25, 0.3) is 5.91 Å². The second-order valence-electron chi connectivity index (χ2n) is 6.03. The first kappa shape index (κ1) is 18.9. The molecule has 0 saturated carbocycles. The van der Waals surface area contributed by atoms with Gasteiger partial charge in [0.1, 0.15) is 5.75 Å². The third-order valence-corrected chi connectivity index (χ3v) is 6.21. The molecule has 8 heteroatoms. The predicted octanol–water partition coefficient (Wildman–Crippen LogP) is 1.47. The van der Waals surface area contributed by atoms with Crippen LogP contribution >= 0.6 is 0 Å². The first-order valence-corrected chi connectivity index (χ1v) is 9.90. The van der Waals surface area contributed by atoms with Gasteiger partial charge in [-0.15, -0.1) is 0 Å². The van der Waals surface area contributed by atoms with Crippen molar-refractivity contribution in [3.05, 3.63) is 60.2 Å². The number of hydrogen-bond acceptors (Lipinski definition) is 5. The highest BCUT2D eigenvalue weighted by molar-refractivity contribution is 7.89. The molecule has 0 atom stereocenters. The van der Waals surface area contributed by atoms with E-state index in [9.17, 15) is 13.2 Å². The largest absolute Gasteiger partial charge is 0.484 e. The van der Waals surface area contributed by atoms with Crippen molar-refractivity contribution in [2.75, 3.05) is 32.8 Å². The predicted molar refractivity (Wildman–Crippen MR) is 98.4 cm³/mol. The second-order valence-corrected chi connectivity index (χ2v) is 7.96. The summed E-state index contributed by atoms with van der Waals surface area (Å²) in [5.74, 6) is 0.238. The van der Waals surface area contributed by atoms with E-state index in [4.69, 9.17) is 10.00 Å². The van der Waals surface area contributed by atoms with Gasteiger partial charge in [-0.3, -0.25) is 4.79 Å². The molecule has 27 heavy (non-hydrogen) atoms. The quantitative estimate of drug-likeness (QED) is 0.777. The zero-order valence-electron chi connectivity index (χ0n) is 14.6. The molecule has 2 aromatic rings. The van der Waals surface area contributed by atoms with Gasteiger partial charge >= 0.3 is 0 Å². The SMILES string of the molecule is N#Cc1cccc(OCC(=O)N2CCN(S(=O)(=O)c3ccccc3)CC2)c1. The van der Waals surface area contributed by atoms with Gasteiger partial charge in [0, 0.05) is 26.2 Å². The van der Waals surface area contributed by atoms with Crippen molar-refractivity contribution in [3.8, 4) is 11.8 Å². The summed E-state index contributed by atoms with van der Waals surface area (Å²) >= 11 is 0. The van der Waals surface area contributed by atoms with Gasteiger partial charge in [-0.2, -0.15) is 9.57 Å². The van der Waals surface area contributed by atoms with E-state index in [0.29, 0.717) is 24.4 Å². The average Bonchev–Trinajstić information content (AvgIpc) is 2.73. The summed E-state index contributed by atoms with van der Waals surface area (Å²) in [7, 11) is -3.54. The smallest absolute Gasteiger partial charge is 0.260 e. The Labute approximate surface area is 158 Å². The number of hydrogen-bond donors (Lipinski definition) is 0. The first-order valence-electron chi connectivity index (χ1n) is 8.46. The van der Waals surface area contributed by atoms with Crippen molar-refractivity contribution in [3.63, 3.8) is 0 Å². The second kappa shape index (κ2) is 8.20. The molecule has 0 aromatic heterocycles. The van der Waals surface area contributed by atoms with Crippen molar-refractivity contribution < 1.29 is 17.9 Å². The molecule has 1 amide bonds. The molecule has 2 aromatic carbocycles. The van der Waals surface area contributed by atoms with E-state index < -0.39 is 10.0 Å². The third-order valence-electron chi connectivity index (χ3n) is 4.30. The van der Waals surface area contributed by atoms with E-state index in [0.717, 1.165) is 0 Å². The molecule has 3 rings (SSSR count). The minimum Gasteiger partial charge on any atom is -0.484 e. The molecular formula is C19H19N3O4S. The highest BCUT2D eigenvalue weighted by Crippen LogP contribution is 2.17. The number of rotatable bonds is 5. The zero-order valence-corrected chi connectivity index (χ0v) is 15.4. The van der Waals surface area contributed by atoms with Crippen LogP contribution in [-0.2, 0) is 14.8 Å². The minimum absolute atomic E-state index is 0.152. The van der Waals surface area contributed by atoms with Crippen LogP contribution in [0.5, 0.6) is 5.75 Å². The van der Waals surface area contributed by atoms with Crippen LogP contribution in [0.25, 0.3) is 0 Å². The number of nitriles is 1. The van der Waals surface area contributed by atoms with Crippen LogP contribution in [0.15, 0.2) is 59.5 Å². The summed E-state index contributed by atoms with van der Waals surface area (Å²) in [6.07, 6.45) is 0. The molecule has 0 aliphatic carbocycles. The van der Waals surface area contributed by atoms with Gasteiger partial charge in [0.15, 0.2) is 6.61 Å². The summed E-state index contributed by atoms with van der Waals surface area (Å²) in [6, 6.07) is 16.9. The normalized spacial score (nSPS) is 15.1. The Morgan fingerprint density at radius 2 is 1.74 bits per heavy atom. The number of carbonyl (C=O) groups excluding carboxylic acids is 1. The summed E-state index contributed by atoms with van der Waals surface area (Å²) in [5, 5.41) is 8.88. The molecule has 7 nitrogen and oxygen atoms in total. The van der Waals surface area contributed by atoms with Crippen LogP contribution in [0.4, 0.5) is 0 Å². The molecule has 1 aliphatic rings. The first-order chi connectivity index (χ1) is 13.0. The molecule has 0 N–H and O–H groups in total. The van der Waals surface area contributed by atoms with Gasteiger partial charge in [0.2, 0.25) is 10.0 Å². The van der Waals surface area contributed by atoms with Crippen LogP contribution < -0.4 is 4.74 Å². The van der Waals surface area contributed by atoms with Gasteiger partial charge in [-0.25, -0.2) is 8.42 Å². The lowest BCUT2D eigenvalue weighted by molar-refractivity contribution is -0.134. The lowest BCUT2D eigenvalue weighted by Gasteiger charge is -2.33. The van der Waals surface area contributed by atoms with Gasteiger partial charge < -0.3 is 9.64 Å². The Kier molecular flexibility index (Phi) is 5.74. The maximum atomic E-state index is 12.6. The van der Waals surface area contributed by atoms with Crippen LogP contribution in [0.1, 0.15) is 5.56 Å². The number of ether oxygens (including phenoxy) is 1. The summed E-state index contributed by atoms with van der Waals surface area (Å²) in [6.45, 7) is 0.957. The number of amides is 1. The van der Waals surface area contributed by atoms with Crippen molar-refractivity contribution in [1.29, 1.82) is 5.26 Å². The molecule has 1 fully saturated rings. The van der Waals surface area contributed by atoms with E-state index in [2.05, 4.69) is 0 Å². The van der Waals surface area contributed by atoms with Crippen molar-refractivity contribution >= 4 is 15.9 Å². The third kappa shape index (κ3) is 4.45. The molecule has 0 unspecified atom stereocenters. The number of carbonyl (C=O) groups is 1. The van der Waals surface area contributed by atoms with Gasteiger partial charge in [0.05, 0.1) is 16.5 Å². The van der Waals surface area contributed by atoms with E-state index >= 15 is 0 Å². The molecular weight excluding hydrogens is 366 g/mol. The summed E-state index contributed by atoms with van der Waals surface area (Å²) in [4.78, 5) is 14.2. The van der Waals surface area contributed by atoms with Crippen LogP contribution in [0.3, 0.4) is 0 Å². The highest BCUT2D eigenvalue weighted by Gasteiger charge is 2.30. The Morgan fingerprint density at radius 3 is 2.41 bits per heavy atom. The van der Waals surface area contributed by atoms with Crippen LogP contribution in [0, 0.1) is 11.3 Å². The fourth-order valence-electron chi connectivity index (χ4n) is 2.81. The fourth-order valence-corrected chi connectivity index (χ4v) is 4.25. The molecule has 0 bridgehead atoms. The Bertz CT molecular complexity index is 946. The average molecular weight is 385 g/mol. The topological polar surface area (TPSA) is 90.7 Å². The van der Waals surface area contributed by atoms with Crippen molar-refractivity contribution in [2.45, 2.75) is 4.90 Å². The summed E-state index contributed by atoms with van der Waals surface area (Å²) < 4.78 is 32.1. The number of sulfonamides is 1. The Hall–Kier alpha value is -2.89. The standard InChI is InChI=1S/C19H19N3O4S/c20-14-16-5-4-6-17(13-16)26-15-19(23)21-9-11-22(12-10-21)27(24,25)18-7-2-1-3-8-18/h1-8,13H,9-12,15H2. The maximum Gasteiger partial charge on any atom is 0.260 e. The van der Waals surface area contributed by atoms with Crippen molar-refractivity contribution in [2.24, 2.45) is 0 Å². The number of benzene rings is 2. The molecule has 140 valence electrons. The van der Waals surface area contributed by atoms with E-state index in [1.165, 1.54) is 4.31 Å². The molecule has 0 radical (unpaired) electrons. The zero-order chi connectivity index (χ0) is 19.3. The lowest BCUT2D eigenvalue weighted by Crippen LogP contribution is -2.51. The maximum absolute atomic E-state index is 12.6. The molecule has 1 aliphatic heterocycles. The fraction of sp³-hybridized carbons (Fsp3) is 0.263. The van der Waals surface area contributed by atoms with Crippen molar-refractivity contribution in [1.82, 2.24) is 9.21 Å². The van der Waals surface area contributed by atoms with E-state index in [-0.39, 0.29) is 30.5 Å². The molecule has 1 heterocycles. The molecule has 1 saturated heterocycles. The van der Waals surface area contributed by atoms with Crippen LogP contribution in [-0.4, -0.2) is 56.3 Å². The lowest BCUT2D eigenvalue weighted by atomic mass is 10.2. The van der Waals surface area contributed by atoms with E-state index in [1.807, 2.05) is 6.07 Å². The number of piperazine rings is 1. The Balaban J connectivity index is 1.54. The van der Waals surface area contributed by atoms with E-state index in [1.54, 1.807) is 59.5 Å². The van der Waals surface area contributed by atoms with Gasteiger partial charge in [-0.05, 0) is 30.3 Å². The number of nitrogens with zero attached hydrogens (tertiary/aromatic N) is 3. The minimum atomic E-state index is -3.54. The summed E-state index contributed by atoms with van der Waals surface area (Å²) in [5.41, 5.74) is 0.458. The Morgan fingerprint density at radius 1 is 1.04 bits per heavy atom.